The van der Waals surface area contributed by atoms with Crippen LogP contribution in [0.2, 0.25) is 0 Å². The van der Waals surface area contributed by atoms with E-state index in [1.165, 1.54) is 28.4 Å². The van der Waals surface area contributed by atoms with Crippen LogP contribution >= 0.6 is 0 Å². The summed E-state index contributed by atoms with van der Waals surface area (Å²) >= 11 is 0. The van der Waals surface area contributed by atoms with E-state index in [-0.39, 0.29) is 63.0 Å². The molecular weight excluding hydrogens is 742 g/mol. The number of carbonyl (C=O) groups excluding carboxylic acids is 2. The van der Waals surface area contributed by atoms with Crippen LogP contribution in [0.4, 0.5) is 0 Å². The van der Waals surface area contributed by atoms with E-state index >= 15 is 0 Å². The molecule has 2 radical (unpaired) electrons. The number of hydrogen-bond donors (Lipinski definition) is 4. The molecule has 4 aliphatic heterocycles. The topological polar surface area (TPSA) is 227 Å². The maximum Gasteiger partial charge on any atom is 2.00 e. The number of rotatable bonds is 8. The number of ether oxygens (including phenoxy) is 2. The van der Waals surface area contributed by atoms with Crippen molar-refractivity contribution in [3.8, 4) is 0 Å². The van der Waals surface area contributed by atoms with Gasteiger partial charge in [0, 0.05) is 0 Å². The van der Waals surface area contributed by atoms with Crippen molar-refractivity contribution in [3.05, 3.63) is 21.3 Å². The van der Waals surface area contributed by atoms with Gasteiger partial charge in [0.05, 0.1) is 41.7 Å². The summed E-state index contributed by atoms with van der Waals surface area (Å²) in [5.41, 5.74) is 0. The Hall–Kier alpha value is -0.293. The van der Waals surface area contributed by atoms with Crippen LogP contribution in [0.25, 0.3) is 21.3 Å². The Bertz CT molecular complexity index is 650. The first-order chi connectivity index (χ1) is 19.1. The van der Waals surface area contributed by atoms with Gasteiger partial charge in [0.1, 0.15) is 0 Å². The van der Waals surface area contributed by atoms with Crippen LogP contribution in [0.15, 0.2) is 0 Å². The maximum absolute atomic E-state index is 10.7. The maximum atomic E-state index is 10.7. The standard InChI is InChI=1S/2C6H12NO3.2C6H10NO3.2Rh/c2*1-9-10-4-5-2-3-6(8)7-5;2*1-10-6(9)4-2-3-5(8)7-4;;/h2*5-6,8H,2-4H2,1H3;2*4-5,8H,2-3H2,1H3;;/q4*-1;2*+2/t5-,6-;;;;;/m0...../s1. The number of carbonyl (C=O) groups is 2. The first-order valence-electron chi connectivity index (χ1n) is 13.1. The fraction of sp³-hybridized carbons (Fsp3) is 0.917. The van der Waals surface area contributed by atoms with Crippen molar-refractivity contribution in [1.82, 2.24) is 0 Å². The Kier molecular flexibility index (Phi) is 27.1. The van der Waals surface area contributed by atoms with Gasteiger partial charge in [-0.1, -0.05) is 25.7 Å². The number of esters is 2. The average Bonchev–Trinajstić information content (AvgIpc) is 3.76. The van der Waals surface area contributed by atoms with E-state index in [0.717, 1.165) is 25.7 Å². The van der Waals surface area contributed by atoms with Gasteiger partial charge in [0.2, 0.25) is 0 Å². The van der Waals surface area contributed by atoms with Gasteiger partial charge in [-0.15, -0.1) is 12.1 Å². The number of nitrogens with zero attached hydrogens (tertiary/aromatic N) is 4. The number of aliphatic hydroxyl groups excluding tert-OH is 4. The van der Waals surface area contributed by atoms with Crippen molar-refractivity contribution in [2.24, 2.45) is 0 Å². The summed E-state index contributed by atoms with van der Waals surface area (Å²) in [6.45, 7) is 0.904. The number of aliphatic hydroxyl groups is 4. The molecule has 0 bridgehead atoms. The molecule has 4 rings (SSSR count). The third-order valence-corrected chi connectivity index (χ3v) is 6.09. The molecule has 6 unspecified atom stereocenters. The number of hydrogen-bond acceptors (Lipinski definition) is 12. The second kappa shape index (κ2) is 26.0. The molecule has 0 aromatic rings. The van der Waals surface area contributed by atoms with Crippen LogP contribution in [-0.4, -0.2) is 123 Å². The number of methoxy groups -OCH3 is 2. The Labute approximate surface area is 272 Å². The quantitative estimate of drug-likeness (QED) is 0.116. The second-order valence-corrected chi connectivity index (χ2v) is 9.12. The van der Waals surface area contributed by atoms with Crippen LogP contribution in [0.3, 0.4) is 0 Å². The van der Waals surface area contributed by atoms with Crippen molar-refractivity contribution in [2.45, 2.75) is 100 Å². The van der Waals surface area contributed by atoms with Crippen molar-refractivity contribution >= 4 is 11.9 Å². The summed E-state index contributed by atoms with van der Waals surface area (Å²) in [6, 6.07) is -0.620. The van der Waals surface area contributed by atoms with Crippen molar-refractivity contribution in [3.63, 3.8) is 0 Å². The Morgan fingerprint density at radius 2 is 0.857 bits per heavy atom. The summed E-state index contributed by atoms with van der Waals surface area (Å²) < 4.78 is 8.88. The van der Waals surface area contributed by atoms with Crippen molar-refractivity contribution in [1.29, 1.82) is 0 Å². The van der Waals surface area contributed by atoms with E-state index < -0.39 is 37.0 Å². The molecule has 4 aliphatic rings. The van der Waals surface area contributed by atoms with Gasteiger partial charge in [-0.25, -0.2) is 19.6 Å². The van der Waals surface area contributed by atoms with Crippen molar-refractivity contribution < 1.29 is 98.0 Å². The predicted octanol–water partition coefficient (Wildman–Crippen LogP) is 0.861. The minimum atomic E-state index is -0.663. The molecule has 250 valence electrons. The fourth-order valence-corrected chi connectivity index (χ4v) is 3.97. The molecule has 42 heavy (non-hydrogen) atoms. The van der Waals surface area contributed by atoms with Gasteiger partial charge in [-0.2, -0.15) is 0 Å². The van der Waals surface area contributed by atoms with Crippen LogP contribution in [0.5, 0.6) is 0 Å². The molecule has 4 N–H and O–H groups in total. The molecule has 0 aromatic carbocycles. The molecule has 0 saturated carbocycles. The summed E-state index contributed by atoms with van der Waals surface area (Å²) in [7, 11) is 5.57. The molecule has 4 saturated heterocycles. The van der Waals surface area contributed by atoms with E-state index in [1.807, 2.05) is 0 Å². The third-order valence-electron chi connectivity index (χ3n) is 6.09. The van der Waals surface area contributed by atoms with Crippen LogP contribution < -0.4 is 0 Å². The minimum Gasteiger partial charge on any atom is -0.632 e. The SMILES string of the molecule is COC(=O)C1CCC(O)[N-]1.COC(=O)C1CCC(O)[N-]1.COOCC1CCC(O)[N-]1.COOC[C@@H]1CC[C@H](O)[N-]1.[Rh+2].[Rh+2]. The molecule has 4 fully saturated rings. The summed E-state index contributed by atoms with van der Waals surface area (Å²) in [4.78, 5) is 39.6. The molecule has 0 aliphatic carbocycles. The Morgan fingerprint density at radius 1 is 0.548 bits per heavy atom. The monoisotopic (exact) mass is 786 g/mol. The molecule has 0 spiro atoms. The zero-order valence-corrected chi connectivity index (χ0v) is 27.5. The normalized spacial score (nSPS) is 31.0. The molecule has 8 atom stereocenters. The van der Waals surface area contributed by atoms with Gasteiger partial charge in [0.15, 0.2) is 0 Å². The Morgan fingerprint density at radius 3 is 1.07 bits per heavy atom. The van der Waals surface area contributed by atoms with Crippen LogP contribution in [-0.2, 0) is 77.6 Å². The first kappa shape index (κ1) is 43.8. The fourth-order valence-electron chi connectivity index (χ4n) is 3.97. The summed E-state index contributed by atoms with van der Waals surface area (Å²) in [5.74, 6) is -0.701. The first-order valence-corrected chi connectivity index (χ1v) is 13.1. The van der Waals surface area contributed by atoms with E-state index in [0.29, 0.717) is 38.9 Å². The molecule has 0 aromatic heterocycles. The van der Waals surface area contributed by atoms with Crippen LogP contribution in [0, 0.1) is 0 Å². The van der Waals surface area contributed by atoms with Gasteiger partial charge in [-0.05, 0) is 62.7 Å². The van der Waals surface area contributed by atoms with Gasteiger partial charge < -0.3 is 51.2 Å². The van der Waals surface area contributed by atoms with Crippen LogP contribution in [0.1, 0.15) is 51.4 Å². The second-order valence-electron chi connectivity index (χ2n) is 9.12. The van der Waals surface area contributed by atoms with Gasteiger partial charge >= 0.3 is 39.0 Å². The third kappa shape index (κ3) is 19.2. The molecular formula is C24H44N4O12Rh2. The van der Waals surface area contributed by atoms with E-state index in [9.17, 15) is 9.59 Å². The average molecular weight is 786 g/mol. The van der Waals surface area contributed by atoms with E-state index in [1.54, 1.807) is 0 Å². The van der Waals surface area contributed by atoms with E-state index in [2.05, 4.69) is 50.3 Å². The predicted molar refractivity (Wildman–Crippen MR) is 140 cm³/mol. The zero-order valence-electron chi connectivity index (χ0n) is 24.2. The largest absolute Gasteiger partial charge is 2.00 e. The Balaban J connectivity index is 0. The van der Waals surface area contributed by atoms with E-state index in [4.69, 9.17) is 20.4 Å². The van der Waals surface area contributed by atoms with Crippen molar-refractivity contribution in [2.75, 3.05) is 41.7 Å². The molecule has 18 heteroatoms. The summed E-state index contributed by atoms with van der Waals surface area (Å²) in [6.07, 6.45) is 3.34. The summed E-state index contributed by atoms with van der Waals surface area (Å²) in [5, 5.41) is 51.0. The smallest absolute Gasteiger partial charge is 0.632 e. The minimum absolute atomic E-state index is 0. The van der Waals surface area contributed by atoms with Gasteiger partial charge in [-0.3, -0.25) is 9.59 Å². The molecule has 0 amide bonds. The van der Waals surface area contributed by atoms with Gasteiger partial charge in [0.25, 0.3) is 11.9 Å². The molecule has 16 nitrogen and oxygen atoms in total. The zero-order chi connectivity index (χ0) is 29.9. The molecule has 4 heterocycles.